The third-order valence-electron chi connectivity index (χ3n) is 4.26. The van der Waals surface area contributed by atoms with Crippen LogP contribution in [-0.4, -0.2) is 54.8 Å². The van der Waals surface area contributed by atoms with Crippen LogP contribution in [0.5, 0.6) is 5.75 Å². The van der Waals surface area contributed by atoms with Crippen LogP contribution in [0.15, 0.2) is 46.2 Å². The van der Waals surface area contributed by atoms with Crippen molar-refractivity contribution in [1.82, 2.24) is 9.03 Å². The maximum absolute atomic E-state index is 12.7. The topological polar surface area (TPSA) is 122 Å². The molecular formula is C18H22ClN3O6S2. The summed E-state index contributed by atoms with van der Waals surface area (Å²) < 4.78 is 57.4. The van der Waals surface area contributed by atoms with Gasteiger partial charge in [-0.05, 0) is 49.9 Å². The number of benzene rings is 2. The van der Waals surface area contributed by atoms with Gasteiger partial charge in [0.2, 0.25) is 26.0 Å². The highest BCUT2D eigenvalue weighted by Crippen LogP contribution is 2.28. The zero-order chi connectivity index (χ0) is 22.7. The Balaban J connectivity index is 2.20. The number of rotatable bonds is 8. The number of anilines is 1. The largest absolute Gasteiger partial charge is 0.495 e. The van der Waals surface area contributed by atoms with Gasteiger partial charge in [-0.1, -0.05) is 17.7 Å². The molecule has 30 heavy (non-hydrogen) atoms. The minimum Gasteiger partial charge on any atom is -0.495 e. The lowest BCUT2D eigenvalue weighted by atomic mass is 10.2. The number of halogens is 1. The van der Waals surface area contributed by atoms with Gasteiger partial charge in [-0.2, -0.15) is 4.31 Å². The monoisotopic (exact) mass is 475 g/mol. The van der Waals surface area contributed by atoms with E-state index in [9.17, 15) is 21.6 Å². The van der Waals surface area contributed by atoms with Crippen molar-refractivity contribution in [3.8, 4) is 5.75 Å². The highest BCUT2D eigenvalue weighted by molar-refractivity contribution is 7.89. The summed E-state index contributed by atoms with van der Waals surface area (Å²) in [6.07, 6.45) is 0. The van der Waals surface area contributed by atoms with E-state index < -0.39 is 32.5 Å². The quantitative estimate of drug-likeness (QED) is 0.600. The van der Waals surface area contributed by atoms with Crippen LogP contribution in [-0.2, 0) is 24.8 Å². The molecule has 12 heteroatoms. The Morgan fingerprint density at radius 1 is 1.10 bits per heavy atom. The van der Waals surface area contributed by atoms with Crippen LogP contribution in [0.1, 0.15) is 5.56 Å². The number of nitrogens with one attached hydrogen (secondary N) is 2. The van der Waals surface area contributed by atoms with Gasteiger partial charge in [0.1, 0.15) is 5.75 Å². The van der Waals surface area contributed by atoms with E-state index in [-0.39, 0.29) is 20.5 Å². The number of hydrogen-bond donors (Lipinski definition) is 2. The van der Waals surface area contributed by atoms with E-state index in [4.69, 9.17) is 16.3 Å². The highest BCUT2D eigenvalue weighted by Gasteiger charge is 2.24. The normalized spacial score (nSPS) is 12.1. The maximum Gasteiger partial charge on any atom is 0.243 e. The maximum atomic E-state index is 12.7. The average molecular weight is 476 g/mol. The number of likely N-dealkylation sites (N-methyl/N-ethyl adjacent to an activating group) is 1. The zero-order valence-electron chi connectivity index (χ0n) is 16.8. The molecule has 0 aliphatic carbocycles. The Hall–Kier alpha value is -2.18. The summed E-state index contributed by atoms with van der Waals surface area (Å²) in [7, 11) is -3.75. The molecule has 0 bridgehead atoms. The molecule has 0 aliphatic rings. The Labute approximate surface area is 181 Å². The number of ether oxygens (including phenoxy) is 1. The van der Waals surface area contributed by atoms with Gasteiger partial charge in [0.25, 0.3) is 0 Å². The van der Waals surface area contributed by atoms with Gasteiger partial charge >= 0.3 is 0 Å². The van der Waals surface area contributed by atoms with E-state index >= 15 is 0 Å². The standard InChI is InChI=1S/C18H22ClN3O6S2/c1-12-5-6-13(29(24,25)20-2)10-16(12)21-18(23)11-22(3)30(26,27)14-7-8-17(28-4)15(19)9-14/h5-10,20H,11H2,1-4H3,(H,21,23). The molecule has 2 N–H and O–H groups in total. The number of methoxy groups -OCH3 is 1. The molecule has 0 radical (unpaired) electrons. The molecule has 2 aromatic rings. The minimum absolute atomic E-state index is 0.0280. The fraction of sp³-hybridized carbons (Fsp3) is 0.278. The van der Waals surface area contributed by atoms with Gasteiger partial charge in [-0.25, -0.2) is 21.6 Å². The second kappa shape index (κ2) is 9.31. The van der Waals surface area contributed by atoms with Gasteiger partial charge in [-0.15, -0.1) is 0 Å². The van der Waals surface area contributed by atoms with Gasteiger partial charge < -0.3 is 10.1 Å². The molecule has 2 aromatic carbocycles. The van der Waals surface area contributed by atoms with Crippen molar-refractivity contribution < 1.29 is 26.4 Å². The van der Waals surface area contributed by atoms with E-state index in [0.717, 1.165) is 4.31 Å². The minimum atomic E-state index is -3.99. The molecule has 1 amide bonds. The first kappa shape index (κ1) is 24.1. The Morgan fingerprint density at radius 2 is 1.73 bits per heavy atom. The number of carbonyl (C=O) groups is 1. The van der Waals surface area contributed by atoms with Gasteiger partial charge in [0, 0.05) is 12.7 Å². The molecule has 0 atom stereocenters. The van der Waals surface area contributed by atoms with Crippen molar-refractivity contribution >= 4 is 43.2 Å². The van der Waals surface area contributed by atoms with Crippen LogP contribution >= 0.6 is 11.6 Å². The molecule has 2 rings (SSSR count). The number of hydrogen-bond acceptors (Lipinski definition) is 6. The molecule has 0 aliphatic heterocycles. The second-order valence-electron chi connectivity index (χ2n) is 6.29. The highest BCUT2D eigenvalue weighted by atomic mass is 35.5. The summed E-state index contributed by atoms with van der Waals surface area (Å²) in [5, 5.41) is 2.67. The second-order valence-corrected chi connectivity index (χ2v) is 10.6. The summed E-state index contributed by atoms with van der Waals surface area (Å²) in [5.41, 5.74) is 0.875. The number of aryl methyl sites for hydroxylation is 1. The molecule has 9 nitrogen and oxygen atoms in total. The lowest BCUT2D eigenvalue weighted by Crippen LogP contribution is -2.35. The molecule has 0 heterocycles. The van der Waals surface area contributed by atoms with E-state index in [1.54, 1.807) is 13.0 Å². The predicted octanol–water partition coefficient (Wildman–Crippen LogP) is 1.82. The van der Waals surface area contributed by atoms with Crippen LogP contribution in [0.3, 0.4) is 0 Å². The number of carbonyl (C=O) groups excluding carboxylic acids is 1. The van der Waals surface area contributed by atoms with Crippen molar-refractivity contribution in [3.63, 3.8) is 0 Å². The van der Waals surface area contributed by atoms with Gasteiger partial charge in [0.15, 0.2) is 0 Å². The Bertz CT molecular complexity index is 1170. The van der Waals surface area contributed by atoms with Gasteiger partial charge in [-0.3, -0.25) is 4.79 Å². The third-order valence-corrected chi connectivity index (χ3v) is 7.77. The first-order valence-electron chi connectivity index (χ1n) is 8.56. The van der Waals surface area contributed by atoms with E-state index in [2.05, 4.69) is 10.0 Å². The SMILES string of the molecule is CNS(=O)(=O)c1ccc(C)c(NC(=O)CN(C)S(=O)(=O)c2ccc(OC)c(Cl)c2)c1. The summed E-state index contributed by atoms with van der Waals surface area (Å²) >= 11 is 5.99. The Morgan fingerprint density at radius 3 is 2.30 bits per heavy atom. The van der Waals surface area contributed by atoms with E-state index in [1.807, 2.05) is 0 Å². The lowest BCUT2D eigenvalue weighted by molar-refractivity contribution is -0.116. The van der Waals surface area contributed by atoms with Crippen molar-refractivity contribution in [2.24, 2.45) is 0 Å². The summed E-state index contributed by atoms with van der Waals surface area (Å²) in [6.45, 7) is 1.19. The molecule has 0 aromatic heterocycles. The van der Waals surface area contributed by atoms with Crippen LogP contribution in [0, 0.1) is 6.92 Å². The first-order valence-corrected chi connectivity index (χ1v) is 11.9. The predicted molar refractivity (Wildman–Crippen MR) is 114 cm³/mol. The van der Waals surface area contributed by atoms with E-state index in [0.29, 0.717) is 11.3 Å². The smallest absolute Gasteiger partial charge is 0.243 e. The van der Waals surface area contributed by atoms with Crippen LogP contribution in [0.4, 0.5) is 5.69 Å². The van der Waals surface area contributed by atoms with Crippen molar-refractivity contribution in [2.75, 3.05) is 33.1 Å². The number of nitrogens with zero attached hydrogens (tertiary/aromatic N) is 1. The summed E-state index contributed by atoms with van der Waals surface area (Å²) in [6, 6.07) is 8.22. The third kappa shape index (κ3) is 5.29. The summed E-state index contributed by atoms with van der Waals surface area (Å²) in [4.78, 5) is 12.3. The fourth-order valence-corrected chi connectivity index (χ4v) is 4.72. The number of sulfonamides is 2. The van der Waals surface area contributed by atoms with Crippen molar-refractivity contribution in [3.05, 3.63) is 47.0 Å². The average Bonchev–Trinajstić information content (AvgIpc) is 2.69. The number of amides is 1. The van der Waals surface area contributed by atoms with Crippen molar-refractivity contribution in [2.45, 2.75) is 16.7 Å². The van der Waals surface area contributed by atoms with Crippen molar-refractivity contribution in [1.29, 1.82) is 0 Å². The fourth-order valence-electron chi connectivity index (χ4n) is 2.49. The zero-order valence-corrected chi connectivity index (χ0v) is 19.2. The molecule has 0 saturated carbocycles. The molecule has 164 valence electrons. The molecule has 0 saturated heterocycles. The van der Waals surface area contributed by atoms with E-state index in [1.165, 1.54) is 51.5 Å². The molecular weight excluding hydrogens is 454 g/mol. The molecule has 0 spiro atoms. The summed E-state index contributed by atoms with van der Waals surface area (Å²) in [5.74, 6) is -0.314. The van der Waals surface area contributed by atoms with Gasteiger partial charge in [0.05, 0.1) is 28.5 Å². The van der Waals surface area contributed by atoms with Crippen LogP contribution in [0.25, 0.3) is 0 Å². The van der Waals surface area contributed by atoms with Crippen LogP contribution < -0.4 is 14.8 Å². The Kier molecular flexibility index (Phi) is 7.48. The first-order chi connectivity index (χ1) is 13.9. The molecule has 0 fully saturated rings. The molecule has 0 unspecified atom stereocenters. The van der Waals surface area contributed by atoms with Crippen LogP contribution in [0.2, 0.25) is 5.02 Å². The lowest BCUT2D eigenvalue weighted by Gasteiger charge is -2.18.